The molecule has 0 unspecified atom stereocenters. The molecule has 0 spiro atoms. The summed E-state index contributed by atoms with van der Waals surface area (Å²) >= 11 is 12.1. The Balaban J connectivity index is 1.68. The van der Waals surface area contributed by atoms with E-state index in [1.165, 1.54) is 6.21 Å². The van der Waals surface area contributed by atoms with Gasteiger partial charge in [-0.3, -0.25) is 9.59 Å². The number of anilines is 1. The van der Waals surface area contributed by atoms with E-state index >= 15 is 0 Å². The van der Waals surface area contributed by atoms with Gasteiger partial charge < -0.3 is 9.88 Å². The molecule has 2 N–H and O–H groups in total. The SMILES string of the molecule is Cc1cc(/C=N\NC(=O)C(=O)Nc2ccc(Cl)cc2)c(C)n1-c1ccccc1Cl. The zero-order valence-corrected chi connectivity index (χ0v) is 17.3. The van der Waals surface area contributed by atoms with Crippen molar-refractivity contribution < 1.29 is 9.59 Å². The van der Waals surface area contributed by atoms with E-state index in [-0.39, 0.29) is 0 Å². The largest absolute Gasteiger partial charge is 0.329 e. The number of carbonyl (C=O) groups is 2. The highest BCUT2D eigenvalue weighted by Crippen LogP contribution is 2.25. The smallest absolute Gasteiger partial charge is 0.318 e. The van der Waals surface area contributed by atoms with Gasteiger partial charge in [0, 0.05) is 27.7 Å². The third-order valence-electron chi connectivity index (χ3n) is 4.24. The summed E-state index contributed by atoms with van der Waals surface area (Å²) in [6, 6.07) is 15.9. The topological polar surface area (TPSA) is 75.5 Å². The molecule has 0 aliphatic rings. The molecule has 1 heterocycles. The van der Waals surface area contributed by atoms with Crippen molar-refractivity contribution >= 4 is 46.9 Å². The highest BCUT2D eigenvalue weighted by atomic mass is 35.5. The average Bonchev–Trinajstić information content (AvgIpc) is 2.97. The molecule has 3 rings (SSSR count). The van der Waals surface area contributed by atoms with Crippen molar-refractivity contribution in [2.45, 2.75) is 13.8 Å². The number of carbonyl (C=O) groups excluding carboxylic acids is 2. The van der Waals surface area contributed by atoms with Gasteiger partial charge in [-0.05, 0) is 56.3 Å². The van der Waals surface area contributed by atoms with Gasteiger partial charge in [-0.1, -0.05) is 35.3 Å². The highest BCUT2D eigenvalue weighted by molar-refractivity contribution is 6.39. The molecule has 0 saturated carbocycles. The van der Waals surface area contributed by atoms with Gasteiger partial charge in [-0.2, -0.15) is 5.10 Å². The van der Waals surface area contributed by atoms with Gasteiger partial charge in [0.15, 0.2) is 0 Å². The number of hydrogen-bond acceptors (Lipinski definition) is 3. The van der Waals surface area contributed by atoms with E-state index in [0.717, 1.165) is 22.6 Å². The number of aromatic nitrogens is 1. The van der Waals surface area contributed by atoms with Crippen molar-refractivity contribution in [1.82, 2.24) is 9.99 Å². The summed E-state index contributed by atoms with van der Waals surface area (Å²) in [7, 11) is 0. The Morgan fingerprint density at radius 3 is 2.38 bits per heavy atom. The first-order valence-electron chi connectivity index (χ1n) is 8.70. The van der Waals surface area contributed by atoms with Gasteiger partial charge in [-0.15, -0.1) is 0 Å². The number of halogens is 2. The molecule has 29 heavy (non-hydrogen) atoms. The summed E-state index contributed by atoms with van der Waals surface area (Å²) in [4.78, 5) is 23.9. The van der Waals surface area contributed by atoms with Crippen LogP contribution in [-0.4, -0.2) is 22.6 Å². The zero-order chi connectivity index (χ0) is 21.0. The van der Waals surface area contributed by atoms with Crippen molar-refractivity contribution in [3.63, 3.8) is 0 Å². The molecule has 8 heteroatoms. The van der Waals surface area contributed by atoms with Crippen LogP contribution in [0.3, 0.4) is 0 Å². The molecule has 0 bridgehead atoms. The van der Waals surface area contributed by atoms with E-state index in [4.69, 9.17) is 23.2 Å². The van der Waals surface area contributed by atoms with E-state index in [0.29, 0.717) is 15.7 Å². The zero-order valence-electron chi connectivity index (χ0n) is 15.7. The molecule has 2 aromatic carbocycles. The average molecular weight is 429 g/mol. The number of para-hydroxylation sites is 1. The van der Waals surface area contributed by atoms with Crippen LogP contribution in [0.25, 0.3) is 5.69 Å². The molecule has 0 atom stereocenters. The van der Waals surface area contributed by atoms with Crippen molar-refractivity contribution in [3.05, 3.63) is 81.6 Å². The van der Waals surface area contributed by atoms with Crippen LogP contribution in [0.2, 0.25) is 10.0 Å². The summed E-state index contributed by atoms with van der Waals surface area (Å²) in [6.07, 6.45) is 1.49. The fourth-order valence-corrected chi connectivity index (χ4v) is 3.20. The molecule has 148 valence electrons. The maximum atomic E-state index is 11.9. The van der Waals surface area contributed by atoms with Crippen molar-refractivity contribution in [2.75, 3.05) is 5.32 Å². The first-order valence-corrected chi connectivity index (χ1v) is 9.46. The first-order chi connectivity index (χ1) is 13.9. The van der Waals surface area contributed by atoms with Crippen molar-refractivity contribution in [1.29, 1.82) is 0 Å². The summed E-state index contributed by atoms with van der Waals surface area (Å²) in [5, 5.41) is 7.53. The lowest BCUT2D eigenvalue weighted by molar-refractivity contribution is -0.136. The van der Waals surface area contributed by atoms with Crippen LogP contribution in [-0.2, 0) is 9.59 Å². The minimum absolute atomic E-state index is 0.460. The number of benzene rings is 2. The summed E-state index contributed by atoms with van der Waals surface area (Å²) in [5.74, 6) is -1.71. The van der Waals surface area contributed by atoms with Crippen LogP contribution in [0, 0.1) is 13.8 Å². The lowest BCUT2D eigenvalue weighted by Crippen LogP contribution is -2.32. The van der Waals surface area contributed by atoms with Crippen LogP contribution < -0.4 is 10.7 Å². The maximum absolute atomic E-state index is 11.9. The molecular weight excluding hydrogens is 411 g/mol. The molecule has 0 radical (unpaired) electrons. The lowest BCUT2D eigenvalue weighted by Gasteiger charge is -2.11. The van der Waals surface area contributed by atoms with Crippen molar-refractivity contribution in [3.8, 4) is 5.69 Å². The Morgan fingerprint density at radius 2 is 1.69 bits per heavy atom. The highest BCUT2D eigenvalue weighted by Gasteiger charge is 2.14. The molecule has 1 aromatic heterocycles. The summed E-state index contributed by atoms with van der Waals surface area (Å²) in [5.41, 5.74) is 6.20. The molecule has 0 aliphatic heterocycles. The first kappa shape index (κ1) is 20.6. The molecule has 0 aliphatic carbocycles. The minimum atomic E-state index is -0.879. The van der Waals surface area contributed by atoms with Gasteiger partial charge in [-0.25, -0.2) is 5.43 Å². The fraction of sp³-hybridized carbons (Fsp3) is 0.0952. The van der Waals surface area contributed by atoms with E-state index in [9.17, 15) is 9.59 Å². The van der Waals surface area contributed by atoms with Crippen LogP contribution in [0.5, 0.6) is 0 Å². The number of nitrogens with zero attached hydrogens (tertiary/aromatic N) is 2. The predicted octanol–water partition coefficient (Wildman–Crippen LogP) is 4.49. The van der Waals surface area contributed by atoms with Gasteiger partial charge in [0.1, 0.15) is 0 Å². The normalized spacial score (nSPS) is 10.9. The minimum Gasteiger partial charge on any atom is -0.318 e. The Labute approximate surface area is 178 Å². The number of rotatable bonds is 4. The van der Waals surface area contributed by atoms with Crippen molar-refractivity contribution in [2.24, 2.45) is 5.10 Å². The van der Waals surface area contributed by atoms with Crippen LogP contribution in [0.1, 0.15) is 17.0 Å². The molecular formula is C21H18Cl2N4O2. The van der Waals surface area contributed by atoms with Gasteiger partial charge in [0.2, 0.25) is 0 Å². The van der Waals surface area contributed by atoms with Crippen LogP contribution in [0.4, 0.5) is 5.69 Å². The molecule has 2 amide bonds. The standard InChI is InChI=1S/C21H18Cl2N4O2/c1-13-11-15(14(2)27(13)19-6-4-3-5-18(19)23)12-24-26-21(29)20(28)25-17-9-7-16(22)8-10-17/h3-12H,1-2H3,(H,25,28)(H,26,29)/b24-12-. The van der Waals surface area contributed by atoms with Crippen LogP contribution >= 0.6 is 23.2 Å². The maximum Gasteiger partial charge on any atom is 0.329 e. The molecule has 6 nitrogen and oxygen atoms in total. The number of nitrogens with one attached hydrogen (secondary N) is 2. The lowest BCUT2D eigenvalue weighted by atomic mass is 10.2. The molecule has 0 fully saturated rings. The van der Waals surface area contributed by atoms with Gasteiger partial charge in [0.25, 0.3) is 0 Å². The Hall–Kier alpha value is -3.09. The van der Waals surface area contributed by atoms with Gasteiger partial charge >= 0.3 is 11.8 Å². The second-order valence-corrected chi connectivity index (χ2v) is 7.12. The second kappa shape index (κ2) is 8.94. The monoisotopic (exact) mass is 428 g/mol. The summed E-state index contributed by atoms with van der Waals surface area (Å²) in [6.45, 7) is 3.87. The van der Waals surface area contributed by atoms with Gasteiger partial charge in [0.05, 0.1) is 16.9 Å². The number of hydrazone groups is 1. The van der Waals surface area contributed by atoms with E-state index in [1.807, 2.05) is 48.7 Å². The number of amides is 2. The van der Waals surface area contributed by atoms with E-state index in [1.54, 1.807) is 24.3 Å². The Morgan fingerprint density at radius 1 is 1.00 bits per heavy atom. The van der Waals surface area contributed by atoms with E-state index < -0.39 is 11.8 Å². The summed E-state index contributed by atoms with van der Waals surface area (Å²) < 4.78 is 2.00. The fourth-order valence-electron chi connectivity index (χ4n) is 2.85. The number of hydrogen-bond donors (Lipinski definition) is 2. The second-order valence-electron chi connectivity index (χ2n) is 6.27. The molecule has 3 aromatic rings. The quantitative estimate of drug-likeness (QED) is 0.364. The Kier molecular flexibility index (Phi) is 6.36. The molecule has 0 saturated heterocycles. The van der Waals surface area contributed by atoms with E-state index in [2.05, 4.69) is 15.8 Å². The Bertz CT molecular complexity index is 1090. The van der Waals surface area contributed by atoms with Crippen LogP contribution in [0.15, 0.2) is 59.7 Å². The third kappa shape index (κ3) is 4.85. The number of aryl methyl sites for hydroxylation is 1. The predicted molar refractivity (Wildman–Crippen MR) is 116 cm³/mol. The third-order valence-corrected chi connectivity index (χ3v) is 4.81.